The highest BCUT2D eigenvalue weighted by atomic mass is 127. The van der Waals surface area contributed by atoms with Crippen molar-refractivity contribution in [3.05, 3.63) is 59.8 Å². The average Bonchev–Trinajstić information content (AvgIpc) is 2.77. The zero-order valence-corrected chi connectivity index (χ0v) is 21.2. The molecule has 0 aliphatic heterocycles. The molecule has 2 rings (SSSR count). The van der Waals surface area contributed by atoms with Gasteiger partial charge in [0.15, 0.2) is 5.96 Å². The molecule has 0 bridgehead atoms. The van der Waals surface area contributed by atoms with E-state index >= 15 is 0 Å². The van der Waals surface area contributed by atoms with E-state index in [9.17, 15) is 4.79 Å². The number of hydrogen-bond acceptors (Lipinski definition) is 4. The number of carbonyl (C=O) groups excluding carboxylic acids is 1. The first-order chi connectivity index (χ1) is 14.6. The third-order valence-electron chi connectivity index (χ3n) is 4.65. The number of aliphatic imine (C=N–C) groups is 1. The van der Waals surface area contributed by atoms with Crippen molar-refractivity contribution in [2.45, 2.75) is 33.9 Å². The molecular weight excluding hydrogens is 505 g/mol. The number of amides is 1. The van der Waals surface area contributed by atoms with Crippen LogP contribution in [0.3, 0.4) is 0 Å². The van der Waals surface area contributed by atoms with Gasteiger partial charge >= 0.3 is 0 Å². The second kappa shape index (κ2) is 14.6. The lowest BCUT2D eigenvalue weighted by atomic mass is 10.2. The van der Waals surface area contributed by atoms with Crippen LogP contribution < -0.4 is 10.1 Å². The van der Waals surface area contributed by atoms with Crippen molar-refractivity contribution in [2.24, 2.45) is 4.99 Å². The van der Waals surface area contributed by atoms with E-state index in [1.54, 1.807) is 6.20 Å². The van der Waals surface area contributed by atoms with Crippen LogP contribution in [0.15, 0.2) is 53.7 Å². The number of guanidine groups is 1. The molecule has 0 saturated heterocycles. The Morgan fingerprint density at radius 3 is 2.45 bits per heavy atom. The Morgan fingerprint density at radius 1 is 1.10 bits per heavy atom. The lowest BCUT2D eigenvalue weighted by Crippen LogP contribution is -2.45. The van der Waals surface area contributed by atoms with E-state index in [0.29, 0.717) is 44.6 Å². The Hall–Kier alpha value is -2.36. The summed E-state index contributed by atoms with van der Waals surface area (Å²) in [6, 6.07) is 13.8. The predicted octanol–water partition coefficient (Wildman–Crippen LogP) is 3.54. The standard InChI is InChI=1S/C23H33N5O2.HI/c1-5-24-23(27(4)17-21(29)28(6-2)7-3)26-16-20-14-11-15-25-22(20)30-18-19-12-9-8-10-13-19;/h8-15H,5-7,16-18H2,1-4H3,(H,24,26);1H. The van der Waals surface area contributed by atoms with Crippen LogP contribution >= 0.6 is 24.0 Å². The van der Waals surface area contributed by atoms with E-state index in [0.717, 1.165) is 11.1 Å². The Bertz CT molecular complexity index is 813. The Balaban J connectivity index is 0.00000480. The second-order valence-corrected chi connectivity index (χ2v) is 6.83. The largest absolute Gasteiger partial charge is 0.473 e. The van der Waals surface area contributed by atoms with Crippen molar-refractivity contribution in [1.82, 2.24) is 20.1 Å². The molecule has 31 heavy (non-hydrogen) atoms. The number of halogens is 1. The monoisotopic (exact) mass is 539 g/mol. The third kappa shape index (κ3) is 8.72. The molecule has 7 nitrogen and oxygen atoms in total. The summed E-state index contributed by atoms with van der Waals surface area (Å²) in [5, 5.41) is 3.25. The van der Waals surface area contributed by atoms with Gasteiger partial charge in [0, 0.05) is 38.4 Å². The molecule has 170 valence electrons. The van der Waals surface area contributed by atoms with E-state index in [-0.39, 0.29) is 36.4 Å². The first-order valence-corrected chi connectivity index (χ1v) is 10.5. The van der Waals surface area contributed by atoms with E-state index in [1.165, 1.54) is 0 Å². The van der Waals surface area contributed by atoms with Crippen LogP contribution in [-0.4, -0.2) is 59.9 Å². The summed E-state index contributed by atoms with van der Waals surface area (Å²) in [4.78, 5) is 25.2. The molecular formula is C23H34IN5O2. The topological polar surface area (TPSA) is 70.1 Å². The Morgan fingerprint density at radius 2 is 1.81 bits per heavy atom. The van der Waals surface area contributed by atoms with Gasteiger partial charge in [-0.05, 0) is 32.4 Å². The number of hydrogen-bond donors (Lipinski definition) is 1. The van der Waals surface area contributed by atoms with Crippen molar-refractivity contribution >= 4 is 35.8 Å². The normalized spacial score (nSPS) is 10.8. The molecule has 8 heteroatoms. The van der Waals surface area contributed by atoms with Gasteiger partial charge in [-0.2, -0.15) is 0 Å². The van der Waals surface area contributed by atoms with Crippen LogP contribution in [0.25, 0.3) is 0 Å². The fourth-order valence-corrected chi connectivity index (χ4v) is 2.98. The van der Waals surface area contributed by atoms with Crippen molar-refractivity contribution in [3.8, 4) is 5.88 Å². The summed E-state index contributed by atoms with van der Waals surface area (Å²) in [6.07, 6.45) is 1.72. The molecule has 0 fully saturated rings. The molecule has 0 aliphatic carbocycles. The van der Waals surface area contributed by atoms with Crippen molar-refractivity contribution in [1.29, 1.82) is 0 Å². The highest BCUT2D eigenvalue weighted by molar-refractivity contribution is 14.0. The summed E-state index contributed by atoms with van der Waals surface area (Å²) >= 11 is 0. The maximum absolute atomic E-state index is 12.4. The molecule has 0 radical (unpaired) electrons. The average molecular weight is 539 g/mol. The SMILES string of the molecule is CCNC(=NCc1cccnc1OCc1ccccc1)N(C)CC(=O)N(CC)CC.I. The summed E-state index contributed by atoms with van der Waals surface area (Å²) < 4.78 is 5.93. The van der Waals surface area contributed by atoms with Gasteiger partial charge < -0.3 is 19.9 Å². The van der Waals surface area contributed by atoms with Gasteiger partial charge in [0.25, 0.3) is 0 Å². The van der Waals surface area contributed by atoms with Gasteiger partial charge in [0.05, 0.1) is 13.1 Å². The number of nitrogens with zero attached hydrogens (tertiary/aromatic N) is 4. The van der Waals surface area contributed by atoms with Crippen LogP contribution in [0.5, 0.6) is 5.88 Å². The molecule has 0 spiro atoms. The quantitative estimate of drug-likeness (QED) is 0.284. The van der Waals surface area contributed by atoms with Crippen LogP contribution in [0.1, 0.15) is 31.9 Å². The summed E-state index contributed by atoms with van der Waals surface area (Å²) in [5.74, 6) is 1.33. The minimum absolute atomic E-state index is 0. The Kier molecular flexibility index (Phi) is 12.6. The van der Waals surface area contributed by atoms with Crippen LogP contribution in [0, 0.1) is 0 Å². The molecule has 1 heterocycles. The predicted molar refractivity (Wildman–Crippen MR) is 136 cm³/mol. The smallest absolute Gasteiger partial charge is 0.242 e. The zero-order valence-electron chi connectivity index (χ0n) is 18.9. The van der Waals surface area contributed by atoms with Gasteiger partial charge in [-0.25, -0.2) is 9.98 Å². The molecule has 0 atom stereocenters. The number of rotatable bonds is 10. The molecule has 2 aromatic rings. The van der Waals surface area contributed by atoms with Gasteiger partial charge in [-0.15, -0.1) is 24.0 Å². The highest BCUT2D eigenvalue weighted by Gasteiger charge is 2.15. The van der Waals surface area contributed by atoms with Crippen molar-refractivity contribution in [2.75, 3.05) is 33.2 Å². The van der Waals surface area contributed by atoms with Gasteiger partial charge in [0.1, 0.15) is 6.61 Å². The third-order valence-corrected chi connectivity index (χ3v) is 4.65. The van der Waals surface area contributed by atoms with Gasteiger partial charge in [-0.1, -0.05) is 36.4 Å². The molecule has 1 N–H and O–H groups in total. The maximum Gasteiger partial charge on any atom is 0.242 e. The second-order valence-electron chi connectivity index (χ2n) is 6.83. The van der Waals surface area contributed by atoms with Crippen LogP contribution in [0.2, 0.25) is 0 Å². The first-order valence-electron chi connectivity index (χ1n) is 10.5. The highest BCUT2D eigenvalue weighted by Crippen LogP contribution is 2.17. The van der Waals surface area contributed by atoms with Crippen molar-refractivity contribution < 1.29 is 9.53 Å². The molecule has 0 aliphatic rings. The number of carbonyl (C=O) groups is 1. The van der Waals surface area contributed by atoms with E-state index in [1.807, 2.05) is 80.1 Å². The fraction of sp³-hybridized carbons (Fsp3) is 0.435. The number of pyridine rings is 1. The zero-order chi connectivity index (χ0) is 21.8. The molecule has 1 aromatic heterocycles. The molecule has 1 aromatic carbocycles. The molecule has 0 saturated carbocycles. The minimum atomic E-state index is 0. The van der Waals surface area contributed by atoms with E-state index in [2.05, 4.69) is 10.3 Å². The number of benzene rings is 1. The fourth-order valence-electron chi connectivity index (χ4n) is 2.98. The number of aromatic nitrogens is 1. The van der Waals surface area contributed by atoms with Crippen LogP contribution in [0.4, 0.5) is 0 Å². The maximum atomic E-state index is 12.4. The van der Waals surface area contributed by atoms with Crippen LogP contribution in [-0.2, 0) is 17.9 Å². The number of ether oxygens (including phenoxy) is 1. The lowest BCUT2D eigenvalue weighted by Gasteiger charge is -2.25. The van der Waals surface area contributed by atoms with E-state index in [4.69, 9.17) is 9.73 Å². The van der Waals surface area contributed by atoms with Gasteiger partial charge in [0.2, 0.25) is 11.8 Å². The summed E-state index contributed by atoms with van der Waals surface area (Å²) in [5.41, 5.74) is 1.98. The Labute approximate surface area is 202 Å². The van der Waals surface area contributed by atoms with Gasteiger partial charge in [-0.3, -0.25) is 4.79 Å². The summed E-state index contributed by atoms with van der Waals surface area (Å²) in [6.45, 7) is 9.24. The first kappa shape index (κ1) is 26.7. The molecule has 1 amide bonds. The lowest BCUT2D eigenvalue weighted by molar-refractivity contribution is -0.131. The van der Waals surface area contributed by atoms with Crippen molar-refractivity contribution in [3.63, 3.8) is 0 Å². The number of nitrogens with one attached hydrogen (secondary N) is 1. The summed E-state index contributed by atoms with van der Waals surface area (Å²) in [7, 11) is 1.87. The van der Waals surface area contributed by atoms with E-state index < -0.39 is 0 Å². The number of likely N-dealkylation sites (N-methyl/N-ethyl adjacent to an activating group) is 2. The molecule has 0 unspecified atom stereocenters. The minimum Gasteiger partial charge on any atom is -0.473 e.